The highest BCUT2D eigenvalue weighted by Gasteiger charge is 2.52. The number of hydrogen-bond acceptors (Lipinski definition) is 2. The van der Waals surface area contributed by atoms with Gasteiger partial charge in [-0.3, -0.25) is 4.79 Å². The van der Waals surface area contributed by atoms with Crippen LogP contribution < -0.4 is 11.1 Å². The molecule has 0 aromatic carbocycles. The van der Waals surface area contributed by atoms with Crippen LogP contribution in [0.1, 0.15) is 52.9 Å². The van der Waals surface area contributed by atoms with Gasteiger partial charge < -0.3 is 11.1 Å². The molecule has 2 saturated carbocycles. The second kappa shape index (κ2) is 4.27. The molecule has 0 aliphatic heterocycles. The average Bonchev–Trinajstić information content (AvgIpc) is 2.92. The van der Waals surface area contributed by atoms with E-state index in [1.54, 1.807) is 0 Å². The van der Waals surface area contributed by atoms with Crippen molar-refractivity contribution in [2.75, 3.05) is 6.54 Å². The van der Waals surface area contributed by atoms with Gasteiger partial charge in [-0.25, -0.2) is 0 Å². The molecule has 0 aromatic heterocycles. The van der Waals surface area contributed by atoms with E-state index in [1.165, 1.54) is 12.8 Å². The molecule has 0 heterocycles. The van der Waals surface area contributed by atoms with E-state index in [4.69, 9.17) is 5.73 Å². The summed E-state index contributed by atoms with van der Waals surface area (Å²) < 4.78 is 0. The lowest BCUT2D eigenvalue weighted by atomic mass is 9.77. The van der Waals surface area contributed by atoms with Crippen molar-refractivity contribution < 1.29 is 4.79 Å². The molecule has 1 unspecified atom stereocenters. The molecule has 0 saturated heterocycles. The van der Waals surface area contributed by atoms with Crippen molar-refractivity contribution in [3.8, 4) is 0 Å². The predicted molar refractivity (Wildman–Crippen MR) is 69.4 cm³/mol. The second-order valence-corrected chi connectivity index (χ2v) is 6.90. The quantitative estimate of drug-likeness (QED) is 0.790. The Bertz CT molecular complexity index is 303. The van der Waals surface area contributed by atoms with E-state index in [2.05, 4.69) is 26.1 Å². The maximum atomic E-state index is 12.2. The van der Waals surface area contributed by atoms with Gasteiger partial charge >= 0.3 is 0 Å². The number of rotatable bonds is 3. The van der Waals surface area contributed by atoms with Crippen LogP contribution in [-0.2, 0) is 4.79 Å². The molecule has 3 nitrogen and oxygen atoms in total. The molecule has 2 rings (SSSR count). The van der Waals surface area contributed by atoms with Gasteiger partial charge in [0.15, 0.2) is 0 Å². The molecular formula is C14H26N2O. The third-order valence-corrected chi connectivity index (χ3v) is 4.84. The van der Waals surface area contributed by atoms with Gasteiger partial charge in [-0.1, -0.05) is 20.8 Å². The third-order valence-electron chi connectivity index (χ3n) is 4.84. The van der Waals surface area contributed by atoms with Crippen molar-refractivity contribution in [1.82, 2.24) is 5.32 Å². The number of hydrogen-bond donors (Lipinski definition) is 2. The first-order valence-corrected chi connectivity index (χ1v) is 6.91. The molecule has 2 aliphatic carbocycles. The van der Waals surface area contributed by atoms with Crippen LogP contribution in [0.3, 0.4) is 0 Å². The Balaban J connectivity index is 1.93. The van der Waals surface area contributed by atoms with Crippen molar-refractivity contribution in [1.29, 1.82) is 0 Å². The summed E-state index contributed by atoms with van der Waals surface area (Å²) in [6.45, 7) is 7.19. The minimum atomic E-state index is -0.109. The van der Waals surface area contributed by atoms with Crippen LogP contribution in [0.4, 0.5) is 0 Å². The van der Waals surface area contributed by atoms with Crippen molar-refractivity contribution in [3.05, 3.63) is 0 Å². The first kappa shape index (κ1) is 12.9. The second-order valence-electron chi connectivity index (χ2n) is 6.90. The van der Waals surface area contributed by atoms with Gasteiger partial charge in [0.1, 0.15) is 0 Å². The van der Waals surface area contributed by atoms with Crippen LogP contribution in [0.5, 0.6) is 0 Å². The van der Waals surface area contributed by atoms with Gasteiger partial charge in [0.05, 0.1) is 5.54 Å². The minimum absolute atomic E-state index is 0.109. The van der Waals surface area contributed by atoms with E-state index in [9.17, 15) is 4.79 Å². The van der Waals surface area contributed by atoms with E-state index in [1.807, 2.05) is 0 Å². The van der Waals surface area contributed by atoms with E-state index in [-0.39, 0.29) is 22.8 Å². The summed E-state index contributed by atoms with van der Waals surface area (Å²) in [4.78, 5) is 12.2. The summed E-state index contributed by atoms with van der Waals surface area (Å²) in [5.74, 6) is 1.23. The van der Waals surface area contributed by atoms with Gasteiger partial charge in [-0.05, 0) is 43.4 Å². The van der Waals surface area contributed by atoms with Gasteiger partial charge in [0.2, 0.25) is 5.91 Å². The number of carbonyl (C=O) groups is 1. The molecule has 0 aromatic rings. The lowest BCUT2D eigenvalue weighted by molar-refractivity contribution is -0.125. The molecule has 1 amide bonds. The Kier molecular flexibility index (Phi) is 3.23. The van der Waals surface area contributed by atoms with Crippen molar-refractivity contribution >= 4 is 5.91 Å². The summed E-state index contributed by atoms with van der Waals surface area (Å²) in [6.07, 6.45) is 5.49. The summed E-state index contributed by atoms with van der Waals surface area (Å²) in [5.41, 5.74) is 6.01. The molecule has 2 fully saturated rings. The summed E-state index contributed by atoms with van der Waals surface area (Å²) in [5, 5.41) is 3.26. The van der Waals surface area contributed by atoms with Gasteiger partial charge in [0, 0.05) is 12.5 Å². The number of nitrogens with two attached hydrogens (primary N) is 1. The lowest BCUT2D eigenvalue weighted by Crippen LogP contribution is -2.56. The van der Waals surface area contributed by atoms with E-state index < -0.39 is 0 Å². The van der Waals surface area contributed by atoms with Crippen LogP contribution in [0.25, 0.3) is 0 Å². The molecule has 98 valence electrons. The molecule has 2 aliphatic rings. The molecule has 0 radical (unpaired) electrons. The summed E-state index contributed by atoms with van der Waals surface area (Å²) in [6, 6.07) is 0. The number of amides is 1. The average molecular weight is 238 g/mol. The fourth-order valence-corrected chi connectivity index (χ4v) is 2.96. The van der Waals surface area contributed by atoms with E-state index in [0.29, 0.717) is 6.54 Å². The Morgan fingerprint density at radius 2 is 1.88 bits per heavy atom. The largest absolute Gasteiger partial charge is 0.349 e. The first-order valence-electron chi connectivity index (χ1n) is 6.91. The van der Waals surface area contributed by atoms with Crippen LogP contribution in [0.2, 0.25) is 0 Å². The van der Waals surface area contributed by atoms with Gasteiger partial charge in [0.25, 0.3) is 0 Å². The zero-order valence-corrected chi connectivity index (χ0v) is 11.4. The lowest BCUT2D eigenvalue weighted by Gasteiger charge is -2.39. The molecule has 0 bridgehead atoms. The zero-order valence-electron chi connectivity index (χ0n) is 11.4. The standard InChI is InChI=1S/C14H26N2O/c1-10-4-6-14(9-15,7-5-10)16-12(17)11-8-13(11,2)3/h10-11H,4-9,15H2,1-3H3,(H,16,17). The third kappa shape index (κ3) is 2.65. The van der Waals surface area contributed by atoms with Crippen LogP contribution in [-0.4, -0.2) is 18.0 Å². The minimum Gasteiger partial charge on any atom is -0.349 e. The fraction of sp³-hybridized carbons (Fsp3) is 0.929. The van der Waals surface area contributed by atoms with E-state index in [0.717, 1.165) is 25.2 Å². The number of nitrogens with one attached hydrogen (secondary N) is 1. The highest BCUT2D eigenvalue weighted by Crippen LogP contribution is 2.52. The molecule has 3 heteroatoms. The molecule has 17 heavy (non-hydrogen) atoms. The summed E-state index contributed by atoms with van der Waals surface area (Å²) >= 11 is 0. The normalized spacial score (nSPS) is 39.8. The molecule has 0 spiro atoms. The maximum absolute atomic E-state index is 12.2. The zero-order chi connectivity index (χ0) is 12.7. The Labute approximate surface area is 105 Å². The fourth-order valence-electron chi connectivity index (χ4n) is 2.96. The monoisotopic (exact) mass is 238 g/mol. The Morgan fingerprint density at radius 3 is 2.29 bits per heavy atom. The Morgan fingerprint density at radius 1 is 1.35 bits per heavy atom. The predicted octanol–water partition coefficient (Wildman–Crippen LogP) is 2.06. The molecule has 1 atom stereocenters. The highest BCUT2D eigenvalue weighted by molar-refractivity contribution is 5.83. The number of carbonyl (C=O) groups excluding carboxylic acids is 1. The van der Waals surface area contributed by atoms with Crippen LogP contribution >= 0.6 is 0 Å². The summed E-state index contributed by atoms with van der Waals surface area (Å²) in [7, 11) is 0. The van der Waals surface area contributed by atoms with Gasteiger partial charge in [-0.15, -0.1) is 0 Å². The topological polar surface area (TPSA) is 55.1 Å². The molecular weight excluding hydrogens is 212 g/mol. The van der Waals surface area contributed by atoms with Crippen molar-refractivity contribution in [2.45, 2.75) is 58.4 Å². The van der Waals surface area contributed by atoms with Crippen molar-refractivity contribution in [3.63, 3.8) is 0 Å². The Hall–Kier alpha value is -0.570. The van der Waals surface area contributed by atoms with E-state index >= 15 is 0 Å². The van der Waals surface area contributed by atoms with Crippen molar-refractivity contribution in [2.24, 2.45) is 23.0 Å². The maximum Gasteiger partial charge on any atom is 0.224 e. The smallest absolute Gasteiger partial charge is 0.224 e. The van der Waals surface area contributed by atoms with Gasteiger partial charge in [-0.2, -0.15) is 0 Å². The first-order chi connectivity index (χ1) is 7.88. The van der Waals surface area contributed by atoms with Crippen LogP contribution in [0.15, 0.2) is 0 Å². The SMILES string of the molecule is CC1CCC(CN)(NC(=O)C2CC2(C)C)CC1. The highest BCUT2D eigenvalue weighted by atomic mass is 16.2. The molecule has 3 N–H and O–H groups in total. The van der Waals surface area contributed by atoms with Crippen LogP contribution in [0, 0.1) is 17.3 Å².